The second-order valence-corrected chi connectivity index (χ2v) is 5.33. The molecule has 22 heavy (non-hydrogen) atoms. The average molecular weight is 308 g/mol. The number of amides is 2. The Kier molecular flexibility index (Phi) is 6.33. The van der Waals surface area contributed by atoms with E-state index in [1.807, 2.05) is 0 Å². The van der Waals surface area contributed by atoms with E-state index in [0.29, 0.717) is 39.0 Å². The third kappa shape index (κ3) is 5.44. The van der Waals surface area contributed by atoms with Crippen LogP contribution in [0.4, 0.5) is 4.39 Å². The van der Waals surface area contributed by atoms with Crippen molar-refractivity contribution in [3.05, 3.63) is 35.6 Å². The fraction of sp³-hybridized carbons (Fsp3) is 0.500. The van der Waals surface area contributed by atoms with Gasteiger partial charge in [-0.2, -0.15) is 0 Å². The summed E-state index contributed by atoms with van der Waals surface area (Å²) in [7, 11) is 0. The molecule has 5 nitrogen and oxygen atoms in total. The zero-order valence-corrected chi connectivity index (χ0v) is 12.4. The molecular formula is C16H21FN2O3. The number of halogens is 1. The summed E-state index contributed by atoms with van der Waals surface area (Å²) in [6, 6.07) is 6.17. The van der Waals surface area contributed by atoms with Gasteiger partial charge in [-0.1, -0.05) is 12.1 Å². The normalized spacial score (nSPS) is 15.3. The molecule has 0 radical (unpaired) electrons. The maximum absolute atomic E-state index is 12.7. The van der Waals surface area contributed by atoms with Crippen LogP contribution in [0.3, 0.4) is 0 Å². The topological polar surface area (TPSA) is 67.4 Å². The molecule has 0 spiro atoms. The van der Waals surface area contributed by atoms with Crippen molar-refractivity contribution in [2.45, 2.75) is 19.3 Å². The van der Waals surface area contributed by atoms with Crippen LogP contribution in [0, 0.1) is 11.7 Å². The van der Waals surface area contributed by atoms with Gasteiger partial charge in [-0.15, -0.1) is 0 Å². The van der Waals surface area contributed by atoms with E-state index in [9.17, 15) is 14.0 Å². The van der Waals surface area contributed by atoms with Gasteiger partial charge in [-0.25, -0.2) is 4.39 Å². The Morgan fingerprint density at radius 3 is 2.50 bits per heavy atom. The summed E-state index contributed by atoms with van der Waals surface area (Å²) in [5.41, 5.74) is 0.952. The molecule has 2 amide bonds. The van der Waals surface area contributed by atoms with E-state index in [2.05, 4.69) is 10.6 Å². The predicted molar refractivity (Wildman–Crippen MR) is 79.7 cm³/mol. The smallest absolute Gasteiger partial charge is 0.239 e. The zero-order chi connectivity index (χ0) is 15.8. The van der Waals surface area contributed by atoms with E-state index in [0.717, 1.165) is 5.56 Å². The molecule has 0 atom stereocenters. The third-order valence-electron chi connectivity index (χ3n) is 3.66. The van der Waals surface area contributed by atoms with Crippen LogP contribution in [0.25, 0.3) is 0 Å². The monoisotopic (exact) mass is 308 g/mol. The molecule has 6 heteroatoms. The Bertz CT molecular complexity index is 499. The largest absolute Gasteiger partial charge is 0.381 e. The Balaban J connectivity index is 1.61. The van der Waals surface area contributed by atoms with E-state index in [-0.39, 0.29) is 30.1 Å². The van der Waals surface area contributed by atoms with E-state index < -0.39 is 0 Å². The minimum absolute atomic E-state index is 0.0143. The third-order valence-corrected chi connectivity index (χ3v) is 3.66. The lowest BCUT2D eigenvalue weighted by molar-refractivity contribution is -0.130. The second kappa shape index (κ2) is 8.48. The molecule has 0 aliphatic carbocycles. The molecule has 0 aromatic heterocycles. The molecule has 1 aliphatic rings. The summed E-state index contributed by atoms with van der Waals surface area (Å²) in [5.74, 6) is -0.635. The van der Waals surface area contributed by atoms with Crippen molar-refractivity contribution in [2.75, 3.05) is 26.3 Å². The van der Waals surface area contributed by atoms with Crippen molar-refractivity contribution in [3.63, 3.8) is 0 Å². The molecule has 1 fully saturated rings. The van der Waals surface area contributed by atoms with Gasteiger partial charge in [-0.3, -0.25) is 9.59 Å². The summed E-state index contributed by atoms with van der Waals surface area (Å²) in [6.45, 7) is 1.64. The van der Waals surface area contributed by atoms with Crippen LogP contribution in [0.1, 0.15) is 18.4 Å². The van der Waals surface area contributed by atoms with Crippen molar-refractivity contribution < 1.29 is 18.7 Å². The molecule has 0 saturated carbocycles. The van der Waals surface area contributed by atoms with Crippen molar-refractivity contribution in [1.29, 1.82) is 0 Å². The quantitative estimate of drug-likeness (QED) is 0.825. The van der Waals surface area contributed by atoms with Crippen molar-refractivity contribution >= 4 is 11.8 Å². The summed E-state index contributed by atoms with van der Waals surface area (Å²) in [4.78, 5) is 23.5. The molecule has 120 valence electrons. The standard InChI is InChI=1S/C16H21FN2O3/c17-14-3-1-12(2-4-14)5-8-18-15(20)11-19-16(21)13-6-9-22-10-7-13/h1-4,13H,5-11H2,(H,18,20)(H,19,21). The lowest BCUT2D eigenvalue weighted by Gasteiger charge is -2.21. The molecular weight excluding hydrogens is 287 g/mol. The Hall–Kier alpha value is -1.95. The Morgan fingerprint density at radius 2 is 1.82 bits per heavy atom. The lowest BCUT2D eigenvalue weighted by Crippen LogP contribution is -2.41. The number of hydrogen-bond acceptors (Lipinski definition) is 3. The van der Waals surface area contributed by atoms with Gasteiger partial charge in [0.05, 0.1) is 6.54 Å². The summed E-state index contributed by atoms with van der Waals surface area (Å²) >= 11 is 0. The summed E-state index contributed by atoms with van der Waals surface area (Å²) in [5, 5.41) is 5.38. The van der Waals surface area contributed by atoms with Crippen LogP contribution in [-0.4, -0.2) is 38.1 Å². The van der Waals surface area contributed by atoms with E-state index in [4.69, 9.17) is 4.74 Å². The Morgan fingerprint density at radius 1 is 1.14 bits per heavy atom. The van der Waals surface area contributed by atoms with Gasteiger partial charge in [0, 0.05) is 25.7 Å². The highest BCUT2D eigenvalue weighted by molar-refractivity contribution is 5.85. The van der Waals surface area contributed by atoms with E-state index >= 15 is 0 Å². The van der Waals surface area contributed by atoms with Crippen LogP contribution in [0.15, 0.2) is 24.3 Å². The number of nitrogens with one attached hydrogen (secondary N) is 2. The van der Waals surface area contributed by atoms with Crippen molar-refractivity contribution in [1.82, 2.24) is 10.6 Å². The summed E-state index contributed by atoms with van der Waals surface area (Å²) in [6.07, 6.45) is 2.04. The first-order valence-corrected chi connectivity index (χ1v) is 7.52. The highest BCUT2D eigenvalue weighted by Crippen LogP contribution is 2.14. The van der Waals surface area contributed by atoms with Crippen LogP contribution in [0.5, 0.6) is 0 Å². The van der Waals surface area contributed by atoms with Crippen molar-refractivity contribution in [2.24, 2.45) is 5.92 Å². The first-order chi connectivity index (χ1) is 10.6. The lowest BCUT2D eigenvalue weighted by atomic mass is 9.99. The van der Waals surface area contributed by atoms with Gasteiger partial charge < -0.3 is 15.4 Å². The average Bonchev–Trinajstić information content (AvgIpc) is 2.55. The molecule has 0 unspecified atom stereocenters. The second-order valence-electron chi connectivity index (χ2n) is 5.33. The maximum atomic E-state index is 12.7. The molecule has 1 aromatic rings. The number of benzene rings is 1. The maximum Gasteiger partial charge on any atom is 0.239 e. The highest BCUT2D eigenvalue weighted by Gasteiger charge is 2.21. The highest BCUT2D eigenvalue weighted by atomic mass is 19.1. The van der Waals surface area contributed by atoms with Gasteiger partial charge in [0.25, 0.3) is 0 Å². The number of carbonyl (C=O) groups is 2. The number of hydrogen-bond donors (Lipinski definition) is 2. The first-order valence-electron chi connectivity index (χ1n) is 7.52. The fourth-order valence-corrected chi connectivity index (χ4v) is 2.33. The van der Waals surface area contributed by atoms with Crippen molar-refractivity contribution in [3.8, 4) is 0 Å². The molecule has 2 rings (SSSR count). The zero-order valence-electron chi connectivity index (χ0n) is 12.4. The molecule has 1 aromatic carbocycles. The number of ether oxygens (including phenoxy) is 1. The predicted octanol–water partition coefficient (Wildman–Crippen LogP) is 1.03. The van der Waals surface area contributed by atoms with Crippen LogP contribution >= 0.6 is 0 Å². The summed E-state index contributed by atoms with van der Waals surface area (Å²) < 4.78 is 17.9. The van der Waals surface area contributed by atoms with E-state index in [1.165, 1.54) is 12.1 Å². The van der Waals surface area contributed by atoms with E-state index in [1.54, 1.807) is 12.1 Å². The van der Waals surface area contributed by atoms with Gasteiger partial charge in [0.15, 0.2) is 0 Å². The molecule has 0 bridgehead atoms. The first kappa shape index (κ1) is 16.4. The van der Waals surface area contributed by atoms with Gasteiger partial charge in [0.2, 0.25) is 11.8 Å². The van der Waals surface area contributed by atoms with Crippen LogP contribution in [0.2, 0.25) is 0 Å². The van der Waals surface area contributed by atoms with Gasteiger partial charge in [-0.05, 0) is 37.0 Å². The van der Waals surface area contributed by atoms with Gasteiger partial charge in [0.1, 0.15) is 5.82 Å². The van der Waals surface area contributed by atoms with Crippen LogP contribution in [-0.2, 0) is 20.7 Å². The minimum Gasteiger partial charge on any atom is -0.381 e. The molecule has 1 heterocycles. The molecule has 1 saturated heterocycles. The molecule has 2 N–H and O–H groups in total. The fourth-order valence-electron chi connectivity index (χ4n) is 2.33. The number of carbonyl (C=O) groups excluding carboxylic acids is 2. The Labute approximate surface area is 129 Å². The SMILES string of the molecule is O=C(CNC(=O)C1CCOCC1)NCCc1ccc(F)cc1. The van der Waals surface area contributed by atoms with Gasteiger partial charge >= 0.3 is 0 Å². The van der Waals surface area contributed by atoms with Crippen LogP contribution < -0.4 is 10.6 Å². The number of rotatable bonds is 6. The molecule has 1 aliphatic heterocycles. The minimum atomic E-state index is -0.274.